The zero-order valence-corrected chi connectivity index (χ0v) is 29.4. The Morgan fingerprint density at radius 3 is 1.39 bits per heavy atom. The lowest BCUT2D eigenvalue weighted by Crippen LogP contribution is -2.67. The first-order chi connectivity index (χ1) is 26.9. The number of aliphatic carboxylic acids is 1. The highest BCUT2D eigenvalue weighted by Gasteiger charge is 2.56. The number of carboxylic acids is 1. The molecule has 5 rings (SSSR count). The molecule has 5 fully saturated rings. The highest BCUT2D eigenvalue weighted by atomic mass is 16.8. The number of aliphatic hydroxyl groups is 16. The average molecular weight is 843 g/mol. The molecule has 0 aromatic heterocycles. The Morgan fingerprint density at radius 1 is 0.404 bits per heavy atom. The predicted octanol–water partition coefficient (Wildman–Crippen LogP) is -11.8. The molecule has 17 N–H and O–H groups in total. The molecule has 0 saturated carbocycles. The van der Waals surface area contributed by atoms with Crippen LogP contribution in [0.15, 0.2) is 0 Å². The molecule has 5 aliphatic rings. The summed E-state index contributed by atoms with van der Waals surface area (Å²) in [5.74, 6) is -1.81. The van der Waals surface area contributed by atoms with Gasteiger partial charge < -0.3 is 129 Å². The second kappa shape index (κ2) is 19.5. The van der Waals surface area contributed by atoms with Gasteiger partial charge in [0.15, 0.2) is 37.6 Å². The van der Waals surface area contributed by atoms with Crippen LogP contribution in [0.2, 0.25) is 0 Å². The lowest BCUT2D eigenvalue weighted by molar-refractivity contribution is -0.382. The molecule has 25 atom stereocenters. The second-order valence-electron chi connectivity index (χ2n) is 14.0. The Morgan fingerprint density at radius 2 is 0.842 bits per heavy atom. The first kappa shape index (κ1) is 46.5. The van der Waals surface area contributed by atoms with E-state index >= 15 is 0 Å². The van der Waals surface area contributed by atoms with Crippen LogP contribution in [-0.4, -0.2) is 273 Å². The van der Waals surface area contributed by atoms with Crippen LogP contribution < -0.4 is 0 Å². The fourth-order valence-corrected chi connectivity index (χ4v) is 6.89. The molecule has 57 heavy (non-hydrogen) atoms. The van der Waals surface area contributed by atoms with Crippen molar-refractivity contribution in [2.24, 2.45) is 0 Å². The van der Waals surface area contributed by atoms with Crippen LogP contribution in [0.5, 0.6) is 0 Å². The number of carbonyl (C=O) groups is 1. The van der Waals surface area contributed by atoms with E-state index in [2.05, 4.69) is 0 Å². The predicted molar refractivity (Wildman–Crippen MR) is 167 cm³/mol. The van der Waals surface area contributed by atoms with Gasteiger partial charge in [0, 0.05) is 0 Å². The van der Waals surface area contributed by atoms with E-state index in [1.54, 1.807) is 0 Å². The van der Waals surface area contributed by atoms with Gasteiger partial charge in [-0.3, -0.25) is 0 Å². The van der Waals surface area contributed by atoms with Crippen molar-refractivity contribution in [2.45, 2.75) is 154 Å². The third-order valence-corrected chi connectivity index (χ3v) is 10.3. The molecule has 0 spiro atoms. The van der Waals surface area contributed by atoms with Gasteiger partial charge in [-0.15, -0.1) is 0 Å². The monoisotopic (exact) mass is 842 g/mol. The van der Waals surface area contributed by atoms with E-state index in [1.165, 1.54) is 0 Å². The molecule has 332 valence electrons. The Balaban J connectivity index is 1.25. The van der Waals surface area contributed by atoms with Gasteiger partial charge in [0.2, 0.25) is 0 Å². The molecule has 0 aromatic carbocycles. The summed E-state index contributed by atoms with van der Waals surface area (Å²) < 4.78 is 48.2. The topological polar surface area (TPSA) is 444 Å². The fourth-order valence-electron chi connectivity index (χ4n) is 6.89. The van der Waals surface area contributed by atoms with Gasteiger partial charge in [-0.1, -0.05) is 0 Å². The molecule has 0 bridgehead atoms. The molecule has 5 heterocycles. The molecular formula is C30H50O27. The summed E-state index contributed by atoms with van der Waals surface area (Å²) in [5, 5.41) is 175. The van der Waals surface area contributed by atoms with Gasteiger partial charge in [0.1, 0.15) is 116 Å². The van der Waals surface area contributed by atoms with Crippen LogP contribution in [0.3, 0.4) is 0 Å². The van der Waals surface area contributed by atoms with E-state index < -0.39 is 186 Å². The fraction of sp³-hybridized carbons (Fsp3) is 0.967. The first-order valence-electron chi connectivity index (χ1n) is 17.6. The van der Waals surface area contributed by atoms with Crippen molar-refractivity contribution in [2.75, 3.05) is 26.4 Å². The molecule has 0 radical (unpaired) electrons. The number of hydrogen-bond donors (Lipinski definition) is 17. The largest absolute Gasteiger partial charge is 0.479 e. The minimum absolute atomic E-state index is 0.873. The zero-order chi connectivity index (χ0) is 42.2. The van der Waals surface area contributed by atoms with Crippen molar-refractivity contribution in [1.82, 2.24) is 0 Å². The smallest absolute Gasteiger partial charge is 0.335 e. The summed E-state index contributed by atoms with van der Waals surface area (Å²) in [7, 11) is 0. The van der Waals surface area contributed by atoms with E-state index in [4.69, 9.17) is 42.6 Å². The highest BCUT2D eigenvalue weighted by molar-refractivity contribution is 5.73. The van der Waals surface area contributed by atoms with Crippen molar-refractivity contribution < 1.29 is 134 Å². The third-order valence-electron chi connectivity index (χ3n) is 10.3. The number of hydrogen-bond acceptors (Lipinski definition) is 26. The summed E-state index contributed by atoms with van der Waals surface area (Å²) in [5.41, 5.74) is 0. The standard InChI is InChI=1S/C30H50O27/c31-1-5-9(34)12(37)17(42)28(51-5)56-23-15(40)19(44)27(57-24(23)25(46)47)49-4-8-10(35)13(38)18(43)29(53-8)55-22-11(36)6(2-32)52-30(20(22)45)54-21-7(3-33)50-26(48)16(41)14(21)39/h5-24,26-45,48H,1-4H2,(H,46,47)/t5-,6-,7-,8-,9-,10-,11-,12+,13+,14-,15-,16-,17-,18+,19-,20-,21-,22+,23+,24+,26+,27-,28-,29+,30+/m1/s1. The highest BCUT2D eigenvalue weighted by Crippen LogP contribution is 2.34. The lowest BCUT2D eigenvalue weighted by Gasteiger charge is -2.48. The first-order valence-corrected chi connectivity index (χ1v) is 17.6. The molecule has 5 saturated heterocycles. The van der Waals surface area contributed by atoms with Gasteiger partial charge in [-0.2, -0.15) is 0 Å². The second-order valence-corrected chi connectivity index (χ2v) is 14.0. The normalized spacial score (nSPS) is 52.4. The Bertz CT molecular complexity index is 1280. The Hall–Kier alpha value is -1.53. The van der Waals surface area contributed by atoms with Crippen molar-refractivity contribution in [1.29, 1.82) is 0 Å². The average Bonchev–Trinajstić information content (AvgIpc) is 3.18. The quantitative estimate of drug-likeness (QED) is 0.0818. The summed E-state index contributed by atoms with van der Waals surface area (Å²) in [6.45, 7) is -3.62. The van der Waals surface area contributed by atoms with Gasteiger partial charge in [0.05, 0.1) is 26.4 Å². The summed E-state index contributed by atoms with van der Waals surface area (Å²) in [4.78, 5) is 12.1. The van der Waals surface area contributed by atoms with E-state index in [0.717, 1.165) is 0 Å². The van der Waals surface area contributed by atoms with Crippen molar-refractivity contribution in [3.63, 3.8) is 0 Å². The molecule has 27 heteroatoms. The van der Waals surface area contributed by atoms with Gasteiger partial charge >= 0.3 is 5.97 Å². The van der Waals surface area contributed by atoms with Crippen molar-refractivity contribution >= 4 is 5.97 Å². The van der Waals surface area contributed by atoms with Crippen LogP contribution in [0.4, 0.5) is 0 Å². The van der Waals surface area contributed by atoms with E-state index in [9.17, 15) is 91.6 Å². The van der Waals surface area contributed by atoms with E-state index in [1.807, 2.05) is 0 Å². The number of carboxylic acid groups (broad SMARTS) is 1. The lowest BCUT2D eigenvalue weighted by atomic mass is 9.96. The number of ether oxygens (including phenoxy) is 9. The third kappa shape index (κ3) is 9.53. The van der Waals surface area contributed by atoms with Crippen molar-refractivity contribution in [3.05, 3.63) is 0 Å². The Kier molecular flexibility index (Phi) is 15.9. The number of rotatable bonds is 13. The zero-order valence-electron chi connectivity index (χ0n) is 29.4. The van der Waals surface area contributed by atoms with Crippen LogP contribution in [0.25, 0.3) is 0 Å². The molecular weight excluding hydrogens is 792 g/mol. The molecule has 0 unspecified atom stereocenters. The van der Waals surface area contributed by atoms with Gasteiger partial charge in [-0.25, -0.2) is 4.79 Å². The minimum atomic E-state index is -2.20. The molecule has 0 aromatic rings. The van der Waals surface area contributed by atoms with E-state index in [0.29, 0.717) is 0 Å². The molecule has 0 amide bonds. The van der Waals surface area contributed by atoms with Crippen LogP contribution in [0.1, 0.15) is 0 Å². The minimum Gasteiger partial charge on any atom is -0.479 e. The van der Waals surface area contributed by atoms with Crippen molar-refractivity contribution in [3.8, 4) is 0 Å². The molecule has 0 aliphatic carbocycles. The summed E-state index contributed by atoms with van der Waals surface area (Å²) in [6, 6.07) is 0. The summed E-state index contributed by atoms with van der Waals surface area (Å²) >= 11 is 0. The van der Waals surface area contributed by atoms with E-state index in [-0.39, 0.29) is 0 Å². The maximum Gasteiger partial charge on any atom is 0.335 e. The number of aliphatic hydroxyl groups excluding tert-OH is 16. The SMILES string of the molecule is O=C(O)[C@H]1O[C@@H](OC[C@H]2O[C@@H](O[C@@H]3[C@@H](O)[C@H](O[C@H]4[C@H](O)[C@@H](O)[C@@H](O)O[C@@H]4CO)O[C@H](CO)[C@H]3O)[C@@H](O)[C@@H](O)[C@@H]2O)[C@H](O)[C@@H](O)[C@@H]1O[C@H]1O[C@H](CO)[C@@H](O)[C@H](O)[C@H]1O. The van der Waals surface area contributed by atoms with Crippen LogP contribution in [0, 0.1) is 0 Å². The van der Waals surface area contributed by atoms with Crippen LogP contribution >= 0.6 is 0 Å². The Labute approximate surface area is 320 Å². The van der Waals surface area contributed by atoms with Gasteiger partial charge in [-0.05, 0) is 0 Å². The summed E-state index contributed by atoms with van der Waals surface area (Å²) in [6.07, 6.45) is -48.5. The maximum atomic E-state index is 12.1. The van der Waals surface area contributed by atoms with Crippen LogP contribution in [-0.2, 0) is 47.4 Å². The van der Waals surface area contributed by atoms with Gasteiger partial charge in [0.25, 0.3) is 0 Å². The maximum absolute atomic E-state index is 12.1. The molecule has 27 nitrogen and oxygen atoms in total. The molecule has 5 aliphatic heterocycles.